The fourth-order valence-electron chi connectivity index (χ4n) is 1.36. The van der Waals surface area contributed by atoms with Crippen LogP contribution >= 0.6 is 0 Å². The molecule has 1 rings (SSSR count). The second-order valence-corrected chi connectivity index (χ2v) is 3.15. The van der Waals surface area contributed by atoms with Crippen molar-refractivity contribution in [3.8, 4) is 11.5 Å². The van der Waals surface area contributed by atoms with E-state index in [1.54, 1.807) is 0 Å². The van der Waals surface area contributed by atoms with E-state index in [0.29, 0.717) is 0 Å². The molecule has 0 N–H and O–H groups in total. The van der Waals surface area contributed by atoms with Crippen LogP contribution in [0.1, 0.15) is 12.0 Å². The van der Waals surface area contributed by atoms with Gasteiger partial charge >= 0.3 is 0 Å². The number of carboxylic acids is 1. The van der Waals surface area contributed by atoms with E-state index in [0.717, 1.165) is 0 Å². The number of hydrogen-bond donors (Lipinski definition) is 0. The summed E-state index contributed by atoms with van der Waals surface area (Å²) in [5.41, 5.74) is 0.266. The standard InChI is InChI=1S/C11H13FO4/c1-15-8-5-3-7(4-6-9(13)14)10(12)11(8)16-2/h3,5H,4,6H2,1-2H3,(H,13,14)/p-1. The van der Waals surface area contributed by atoms with Crippen LogP contribution in [0.2, 0.25) is 0 Å². The van der Waals surface area contributed by atoms with Crippen LogP contribution in [0, 0.1) is 5.82 Å². The number of methoxy groups -OCH3 is 2. The van der Waals surface area contributed by atoms with Gasteiger partial charge in [0.05, 0.1) is 14.2 Å². The molecule has 4 nitrogen and oxygen atoms in total. The highest BCUT2D eigenvalue weighted by molar-refractivity contribution is 5.64. The van der Waals surface area contributed by atoms with Gasteiger partial charge in [-0.2, -0.15) is 0 Å². The molecule has 0 saturated carbocycles. The first-order valence-electron chi connectivity index (χ1n) is 4.69. The van der Waals surface area contributed by atoms with Crippen LogP contribution < -0.4 is 14.6 Å². The van der Waals surface area contributed by atoms with Crippen molar-refractivity contribution in [3.63, 3.8) is 0 Å². The minimum atomic E-state index is -1.21. The molecule has 0 amide bonds. The number of carbonyl (C=O) groups is 1. The minimum Gasteiger partial charge on any atom is -0.550 e. The molecule has 0 aliphatic carbocycles. The number of hydrogen-bond acceptors (Lipinski definition) is 4. The van der Waals surface area contributed by atoms with E-state index in [4.69, 9.17) is 9.47 Å². The maximum Gasteiger partial charge on any atom is 0.197 e. The van der Waals surface area contributed by atoms with E-state index in [1.807, 2.05) is 0 Å². The van der Waals surface area contributed by atoms with Gasteiger partial charge in [0.15, 0.2) is 17.3 Å². The summed E-state index contributed by atoms with van der Waals surface area (Å²) in [5, 5.41) is 10.3. The van der Waals surface area contributed by atoms with E-state index in [1.165, 1.54) is 26.4 Å². The molecule has 0 unspecified atom stereocenters. The second-order valence-electron chi connectivity index (χ2n) is 3.15. The third-order valence-electron chi connectivity index (χ3n) is 2.16. The largest absolute Gasteiger partial charge is 0.550 e. The Morgan fingerprint density at radius 1 is 1.38 bits per heavy atom. The maximum absolute atomic E-state index is 13.8. The fourth-order valence-corrected chi connectivity index (χ4v) is 1.36. The highest BCUT2D eigenvalue weighted by atomic mass is 19.1. The monoisotopic (exact) mass is 227 g/mol. The molecule has 0 saturated heterocycles. The summed E-state index contributed by atoms with van der Waals surface area (Å²) in [7, 11) is 2.72. The zero-order chi connectivity index (χ0) is 12.1. The van der Waals surface area contributed by atoms with Gasteiger partial charge in [0.1, 0.15) is 0 Å². The first kappa shape index (κ1) is 12.3. The lowest BCUT2D eigenvalue weighted by molar-refractivity contribution is -0.305. The number of carbonyl (C=O) groups excluding carboxylic acids is 1. The summed E-state index contributed by atoms with van der Waals surface area (Å²) in [4.78, 5) is 10.3. The Morgan fingerprint density at radius 3 is 2.56 bits per heavy atom. The fraction of sp³-hybridized carbons (Fsp3) is 0.364. The quantitative estimate of drug-likeness (QED) is 0.736. The number of aryl methyl sites for hydroxylation is 1. The average Bonchev–Trinajstić information content (AvgIpc) is 2.26. The number of ether oxygens (including phenoxy) is 2. The van der Waals surface area contributed by atoms with Gasteiger partial charge < -0.3 is 19.4 Å². The van der Waals surface area contributed by atoms with Crippen molar-refractivity contribution in [2.45, 2.75) is 12.8 Å². The molecular weight excluding hydrogens is 215 g/mol. The molecule has 0 radical (unpaired) electrons. The Balaban J connectivity index is 2.99. The first-order valence-corrected chi connectivity index (χ1v) is 4.69. The highest BCUT2D eigenvalue weighted by Gasteiger charge is 2.14. The van der Waals surface area contributed by atoms with Crippen molar-refractivity contribution in [1.82, 2.24) is 0 Å². The molecule has 5 heteroatoms. The number of benzene rings is 1. The lowest BCUT2D eigenvalue weighted by Crippen LogP contribution is -2.22. The first-order chi connectivity index (χ1) is 7.60. The number of carboxylic acid groups (broad SMARTS) is 1. The van der Waals surface area contributed by atoms with Crippen LogP contribution in [-0.2, 0) is 11.2 Å². The van der Waals surface area contributed by atoms with E-state index in [9.17, 15) is 14.3 Å². The van der Waals surface area contributed by atoms with Crippen LogP contribution in [-0.4, -0.2) is 20.2 Å². The van der Waals surface area contributed by atoms with Gasteiger partial charge in [0.25, 0.3) is 0 Å². The minimum absolute atomic E-state index is 0.0154. The van der Waals surface area contributed by atoms with Crippen molar-refractivity contribution in [2.24, 2.45) is 0 Å². The molecule has 0 spiro atoms. The predicted molar refractivity (Wildman–Crippen MR) is 52.8 cm³/mol. The molecule has 0 aliphatic heterocycles. The summed E-state index contributed by atoms with van der Waals surface area (Å²) in [6.45, 7) is 0. The van der Waals surface area contributed by atoms with Crippen molar-refractivity contribution in [2.75, 3.05) is 14.2 Å². The molecule has 0 bridgehead atoms. The van der Waals surface area contributed by atoms with E-state index in [-0.39, 0.29) is 29.9 Å². The van der Waals surface area contributed by atoms with Crippen molar-refractivity contribution in [1.29, 1.82) is 0 Å². The molecule has 88 valence electrons. The van der Waals surface area contributed by atoms with Gasteiger partial charge in [-0.3, -0.25) is 0 Å². The van der Waals surface area contributed by atoms with Gasteiger partial charge in [0.2, 0.25) is 0 Å². The summed E-state index contributed by atoms with van der Waals surface area (Å²) < 4.78 is 23.5. The molecule has 0 aromatic heterocycles. The summed E-state index contributed by atoms with van der Waals surface area (Å²) >= 11 is 0. The van der Waals surface area contributed by atoms with Gasteiger partial charge in [-0.05, 0) is 24.5 Å². The van der Waals surface area contributed by atoms with Crippen LogP contribution in [0.15, 0.2) is 12.1 Å². The normalized spacial score (nSPS) is 9.94. The third-order valence-corrected chi connectivity index (χ3v) is 2.16. The van der Waals surface area contributed by atoms with E-state index < -0.39 is 11.8 Å². The maximum atomic E-state index is 13.8. The summed E-state index contributed by atoms with van der Waals surface area (Å²) in [5.74, 6) is -1.55. The molecule has 0 fully saturated rings. The smallest absolute Gasteiger partial charge is 0.197 e. The molecule has 1 aromatic rings. The zero-order valence-electron chi connectivity index (χ0n) is 9.08. The number of aliphatic carboxylic acids is 1. The van der Waals surface area contributed by atoms with Crippen molar-refractivity contribution < 1.29 is 23.8 Å². The van der Waals surface area contributed by atoms with Crippen molar-refractivity contribution >= 4 is 5.97 Å². The molecule has 1 aromatic carbocycles. The summed E-state index contributed by atoms with van der Waals surface area (Å²) in [6, 6.07) is 3.01. The lowest BCUT2D eigenvalue weighted by atomic mass is 10.1. The Hall–Kier alpha value is -1.78. The van der Waals surface area contributed by atoms with E-state index in [2.05, 4.69) is 0 Å². The Morgan fingerprint density at radius 2 is 2.06 bits per heavy atom. The SMILES string of the molecule is COc1ccc(CCC(=O)[O-])c(F)c1OC. The van der Waals surface area contributed by atoms with Crippen LogP contribution in [0.25, 0.3) is 0 Å². The van der Waals surface area contributed by atoms with Gasteiger partial charge in [-0.1, -0.05) is 6.07 Å². The molecule has 0 atom stereocenters. The lowest BCUT2D eigenvalue weighted by Gasteiger charge is -2.11. The number of halogens is 1. The van der Waals surface area contributed by atoms with Gasteiger partial charge in [0, 0.05) is 5.97 Å². The topological polar surface area (TPSA) is 58.6 Å². The molecular formula is C11H12FO4-. The zero-order valence-corrected chi connectivity index (χ0v) is 9.08. The summed E-state index contributed by atoms with van der Waals surface area (Å²) in [6.07, 6.45) is -0.166. The van der Waals surface area contributed by atoms with Gasteiger partial charge in [-0.15, -0.1) is 0 Å². The Labute approximate surface area is 92.6 Å². The molecule has 16 heavy (non-hydrogen) atoms. The number of rotatable bonds is 5. The molecule has 0 aliphatic rings. The molecule has 0 heterocycles. The van der Waals surface area contributed by atoms with Crippen LogP contribution in [0.3, 0.4) is 0 Å². The predicted octanol–water partition coefficient (Wildman–Crippen LogP) is 0.525. The highest BCUT2D eigenvalue weighted by Crippen LogP contribution is 2.32. The van der Waals surface area contributed by atoms with Crippen LogP contribution in [0.5, 0.6) is 11.5 Å². The second kappa shape index (κ2) is 5.34. The Bertz CT molecular complexity index is 390. The van der Waals surface area contributed by atoms with Crippen molar-refractivity contribution in [3.05, 3.63) is 23.5 Å². The van der Waals surface area contributed by atoms with E-state index >= 15 is 0 Å². The van der Waals surface area contributed by atoms with Gasteiger partial charge in [-0.25, -0.2) is 4.39 Å². The van der Waals surface area contributed by atoms with Crippen LogP contribution in [0.4, 0.5) is 4.39 Å². The Kier molecular flexibility index (Phi) is 4.10. The average molecular weight is 227 g/mol. The third kappa shape index (κ3) is 2.62.